The lowest BCUT2D eigenvalue weighted by molar-refractivity contribution is -0.894. The second-order valence-corrected chi connectivity index (χ2v) is 2.91. The molecule has 6 N–H and O–H groups in total. The highest BCUT2D eigenvalue weighted by molar-refractivity contribution is 5.75. The lowest BCUT2D eigenvalue weighted by Crippen LogP contribution is -2.61. The molecule has 0 aromatic carbocycles. The molecule has 0 aromatic heterocycles. The van der Waals surface area contributed by atoms with Gasteiger partial charge in [-0.2, -0.15) is 10.8 Å². The topological polar surface area (TPSA) is 93.7 Å². The number of hydrogen-bond donors (Lipinski definition) is 3. The number of hydrogen-bond acceptors (Lipinski definition) is 5. The average Bonchev–Trinajstić information content (AvgIpc) is 2.41. The van der Waals surface area contributed by atoms with E-state index in [0.717, 1.165) is 5.70 Å². The van der Waals surface area contributed by atoms with Crippen LogP contribution in [0.25, 0.3) is 0 Å². The van der Waals surface area contributed by atoms with E-state index in [1.54, 1.807) is 12.3 Å². The standard InChI is InChI=1S/C6H11N6/c1-12-4(3-10-6(12)8)2-5(7)11(12)9/h2-3H,7,9H2,1H3,(H2,8,10)/q+1. The lowest BCUT2D eigenvalue weighted by atomic mass is 10.4. The number of nitrogens with two attached hydrogens (primary N) is 3. The van der Waals surface area contributed by atoms with Crippen molar-refractivity contribution in [1.29, 1.82) is 0 Å². The highest BCUT2D eigenvalue weighted by Gasteiger charge is 2.47. The van der Waals surface area contributed by atoms with Gasteiger partial charge in [0.15, 0.2) is 11.5 Å². The first kappa shape index (κ1) is 7.14. The first-order valence-electron chi connectivity index (χ1n) is 3.50. The number of nitrogens with zero attached hydrogens (tertiary/aromatic N) is 3. The second-order valence-electron chi connectivity index (χ2n) is 2.91. The van der Waals surface area contributed by atoms with Crippen LogP contribution in [0.5, 0.6) is 0 Å². The molecule has 0 bridgehead atoms. The summed E-state index contributed by atoms with van der Waals surface area (Å²) in [4.78, 5) is 3.96. The number of allylic oxidation sites excluding steroid dienone is 1. The van der Waals surface area contributed by atoms with Crippen molar-refractivity contribution in [3.63, 3.8) is 0 Å². The van der Waals surface area contributed by atoms with E-state index >= 15 is 0 Å². The Balaban J connectivity index is 2.52. The van der Waals surface area contributed by atoms with E-state index in [1.165, 1.54) is 5.12 Å². The molecule has 6 heteroatoms. The fourth-order valence-electron chi connectivity index (χ4n) is 1.34. The third-order valence-electron chi connectivity index (χ3n) is 2.27. The minimum atomic E-state index is 0.159. The Labute approximate surface area is 69.8 Å². The summed E-state index contributed by atoms with van der Waals surface area (Å²) in [5.41, 5.74) is 12.2. The smallest absolute Gasteiger partial charge is 0.331 e. The van der Waals surface area contributed by atoms with Crippen LogP contribution in [-0.4, -0.2) is 22.7 Å². The van der Waals surface area contributed by atoms with Gasteiger partial charge in [0.25, 0.3) is 0 Å². The fraction of sp³-hybridized carbons (Fsp3) is 0.167. The Morgan fingerprint density at radius 1 is 1.50 bits per heavy atom. The minimum absolute atomic E-state index is 0.159. The number of rotatable bonds is 0. The molecular formula is C6H11N6+. The Hall–Kier alpha value is -1.53. The van der Waals surface area contributed by atoms with Gasteiger partial charge in [-0.15, -0.1) is 9.71 Å². The molecule has 64 valence electrons. The Kier molecular flexibility index (Phi) is 1.07. The molecule has 2 heterocycles. The first-order chi connectivity index (χ1) is 5.56. The van der Waals surface area contributed by atoms with E-state index in [9.17, 15) is 0 Å². The first-order valence-corrected chi connectivity index (χ1v) is 3.50. The van der Waals surface area contributed by atoms with E-state index in [-0.39, 0.29) is 4.59 Å². The number of aliphatic imine (C=N–C) groups is 1. The van der Waals surface area contributed by atoms with Gasteiger partial charge in [0.05, 0.1) is 12.3 Å². The maximum Gasteiger partial charge on any atom is 0.331 e. The molecular weight excluding hydrogens is 156 g/mol. The van der Waals surface area contributed by atoms with Crippen molar-refractivity contribution in [3.05, 3.63) is 23.8 Å². The number of guanidine groups is 1. The average molecular weight is 167 g/mol. The quantitative estimate of drug-likeness (QED) is 0.302. The van der Waals surface area contributed by atoms with E-state index < -0.39 is 0 Å². The summed E-state index contributed by atoms with van der Waals surface area (Å²) in [5.74, 6) is 6.61. The summed E-state index contributed by atoms with van der Waals surface area (Å²) in [6, 6.07) is 0. The van der Waals surface area contributed by atoms with Crippen LogP contribution in [0, 0.1) is 0 Å². The molecule has 2 aliphatic rings. The van der Waals surface area contributed by atoms with Gasteiger partial charge in [0.2, 0.25) is 0 Å². The molecule has 1 atom stereocenters. The van der Waals surface area contributed by atoms with Crippen molar-refractivity contribution < 1.29 is 4.59 Å². The van der Waals surface area contributed by atoms with Gasteiger partial charge in [-0.05, 0) is 0 Å². The van der Waals surface area contributed by atoms with E-state index in [2.05, 4.69) is 4.99 Å². The number of likely N-dealkylation sites (N-methyl/N-ethyl adjacent to an activating group) is 1. The van der Waals surface area contributed by atoms with Gasteiger partial charge in [-0.25, -0.2) is 0 Å². The summed E-state index contributed by atoms with van der Waals surface area (Å²) in [5, 5.41) is 1.37. The molecule has 0 saturated carbocycles. The zero-order valence-electron chi connectivity index (χ0n) is 6.73. The highest BCUT2D eigenvalue weighted by atomic mass is 15.9. The summed E-state index contributed by atoms with van der Waals surface area (Å²) >= 11 is 0. The van der Waals surface area contributed by atoms with Crippen molar-refractivity contribution in [2.24, 2.45) is 22.3 Å². The molecule has 2 rings (SSSR count). The van der Waals surface area contributed by atoms with E-state index in [4.69, 9.17) is 17.3 Å². The monoisotopic (exact) mass is 167 g/mol. The molecule has 0 amide bonds. The number of quaternary nitrogens is 1. The van der Waals surface area contributed by atoms with Crippen LogP contribution in [0.15, 0.2) is 28.8 Å². The number of fused-ring (bicyclic) bond motifs is 1. The Morgan fingerprint density at radius 3 is 2.75 bits per heavy atom. The molecule has 6 nitrogen and oxygen atoms in total. The molecule has 0 saturated heterocycles. The van der Waals surface area contributed by atoms with E-state index in [0.29, 0.717) is 11.8 Å². The molecule has 1 unspecified atom stereocenters. The molecule has 0 aliphatic carbocycles. The van der Waals surface area contributed by atoms with Crippen LogP contribution >= 0.6 is 0 Å². The van der Waals surface area contributed by atoms with Crippen LogP contribution in [0.1, 0.15) is 0 Å². The molecule has 0 aromatic rings. The van der Waals surface area contributed by atoms with Crippen molar-refractivity contribution in [2.75, 3.05) is 7.05 Å². The van der Waals surface area contributed by atoms with Crippen molar-refractivity contribution in [1.82, 2.24) is 5.12 Å². The maximum atomic E-state index is 5.70. The van der Waals surface area contributed by atoms with Gasteiger partial charge < -0.3 is 11.5 Å². The lowest BCUT2D eigenvalue weighted by Gasteiger charge is -2.30. The van der Waals surface area contributed by atoms with Crippen LogP contribution in [-0.2, 0) is 0 Å². The van der Waals surface area contributed by atoms with Crippen LogP contribution in [0.4, 0.5) is 0 Å². The molecule has 2 aliphatic heterocycles. The van der Waals surface area contributed by atoms with Crippen LogP contribution in [0.3, 0.4) is 0 Å². The molecule has 0 spiro atoms. The van der Waals surface area contributed by atoms with Crippen LogP contribution in [0.2, 0.25) is 0 Å². The maximum absolute atomic E-state index is 5.70. The normalized spacial score (nSPS) is 32.8. The zero-order chi connectivity index (χ0) is 8.93. The SMILES string of the molecule is C[N+]12C(=CN=C1N)C=C(N)N2N. The third kappa shape index (κ3) is 0.544. The molecule has 0 fully saturated rings. The largest absolute Gasteiger partial charge is 0.380 e. The predicted molar refractivity (Wildman–Crippen MR) is 44.2 cm³/mol. The molecule has 0 radical (unpaired) electrons. The van der Waals surface area contributed by atoms with Gasteiger partial charge >= 0.3 is 5.96 Å². The summed E-state index contributed by atoms with van der Waals surface area (Å²) in [7, 11) is 1.83. The van der Waals surface area contributed by atoms with Gasteiger partial charge in [0.1, 0.15) is 7.05 Å². The zero-order valence-corrected chi connectivity index (χ0v) is 6.73. The number of hydrazine groups is 1. The highest BCUT2D eigenvalue weighted by Crippen LogP contribution is 2.30. The summed E-state index contributed by atoms with van der Waals surface area (Å²) < 4.78 is 0.159. The van der Waals surface area contributed by atoms with Gasteiger partial charge in [0, 0.05) is 0 Å². The minimum Gasteiger partial charge on any atom is -0.380 e. The Morgan fingerprint density at radius 2 is 2.17 bits per heavy atom. The molecule has 12 heavy (non-hydrogen) atoms. The predicted octanol–water partition coefficient (Wildman–Crippen LogP) is -1.49. The van der Waals surface area contributed by atoms with Gasteiger partial charge in [-0.1, -0.05) is 0 Å². The van der Waals surface area contributed by atoms with Gasteiger partial charge in [-0.3, -0.25) is 0 Å². The van der Waals surface area contributed by atoms with Crippen molar-refractivity contribution in [3.8, 4) is 0 Å². The summed E-state index contributed by atoms with van der Waals surface area (Å²) in [6.07, 6.45) is 3.42. The Bertz CT molecular complexity index is 327. The summed E-state index contributed by atoms with van der Waals surface area (Å²) in [6.45, 7) is 0. The second kappa shape index (κ2) is 1.79. The fourth-order valence-corrected chi connectivity index (χ4v) is 1.34. The van der Waals surface area contributed by atoms with E-state index in [1.807, 2.05) is 7.05 Å². The van der Waals surface area contributed by atoms with Crippen molar-refractivity contribution in [2.45, 2.75) is 0 Å². The van der Waals surface area contributed by atoms with Crippen LogP contribution < -0.4 is 17.3 Å². The van der Waals surface area contributed by atoms with Crippen molar-refractivity contribution >= 4 is 5.96 Å². The third-order valence-corrected chi connectivity index (χ3v) is 2.27.